The van der Waals surface area contributed by atoms with Gasteiger partial charge in [-0.15, -0.1) is 0 Å². The van der Waals surface area contributed by atoms with Gasteiger partial charge in [0.15, 0.2) is 0 Å². The van der Waals surface area contributed by atoms with E-state index in [4.69, 9.17) is 0 Å². The van der Waals surface area contributed by atoms with Crippen LogP contribution in [-0.2, 0) is 6.18 Å². The van der Waals surface area contributed by atoms with Gasteiger partial charge in [0.25, 0.3) is 0 Å². The van der Waals surface area contributed by atoms with E-state index < -0.39 is 11.7 Å². The molecule has 0 aliphatic heterocycles. The molecule has 0 amide bonds. The Kier molecular flexibility index (Phi) is 8.10. The zero-order valence-electron chi connectivity index (χ0n) is 31.6. The number of nitrogens with zero attached hydrogens (tertiary/aromatic N) is 3. The Morgan fingerprint density at radius 2 is 0.897 bits per heavy atom. The molecule has 2 heterocycles. The smallest absolute Gasteiger partial charge is 0.308 e. The molecule has 0 N–H and O–H groups in total. The SMILES string of the molecule is Cc1ccccc1-c1ccc2c3ccccc3n(-c3cc(-c4cccc(C(F)(F)F)c4)cc(-n4c5ccccc5c5ccc(-c6ccccc6C)cc54)c3C#N)c2c1. The van der Waals surface area contributed by atoms with Crippen LogP contribution < -0.4 is 0 Å². The molecule has 0 spiro atoms. The molecule has 2 aromatic heterocycles. The molecule has 8 aromatic carbocycles. The van der Waals surface area contributed by atoms with Crippen molar-refractivity contribution in [2.75, 3.05) is 0 Å². The maximum atomic E-state index is 14.3. The van der Waals surface area contributed by atoms with E-state index >= 15 is 0 Å². The highest BCUT2D eigenvalue weighted by Gasteiger charge is 2.31. The van der Waals surface area contributed by atoms with Crippen LogP contribution in [0.25, 0.3) is 88.4 Å². The van der Waals surface area contributed by atoms with Crippen LogP contribution in [0.5, 0.6) is 0 Å². The topological polar surface area (TPSA) is 33.6 Å². The lowest BCUT2D eigenvalue weighted by Crippen LogP contribution is -2.06. The van der Waals surface area contributed by atoms with Gasteiger partial charge < -0.3 is 9.13 Å². The van der Waals surface area contributed by atoms with Crippen molar-refractivity contribution in [3.05, 3.63) is 192 Å². The van der Waals surface area contributed by atoms with Crippen molar-refractivity contribution < 1.29 is 13.2 Å². The number of hydrogen-bond acceptors (Lipinski definition) is 1. The number of fused-ring (bicyclic) bond motifs is 6. The summed E-state index contributed by atoms with van der Waals surface area (Å²) in [5, 5.41) is 15.4. The zero-order valence-corrected chi connectivity index (χ0v) is 31.6. The molecule has 0 unspecified atom stereocenters. The maximum Gasteiger partial charge on any atom is 0.416 e. The van der Waals surface area contributed by atoms with Crippen LogP contribution in [0.15, 0.2) is 170 Å². The lowest BCUT2D eigenvalue weighted by Gasteiger charge is -2.19. The number of nitriles is 1. The average molecular weight is 758 g/mol. The number of aromatic nitrogens is 2. The summed E-state index contributed by atoms with van der Waals surface area (Å²) in [7, 11) is 0. The number of para-hydroxylation sites is 2. The quantitative estimate of drug-likeness (QED) is 0.172. The van der Waals surface area contributed by atoms with Crippen molar-refractivity contribution in [2.24, 2.45) is 0 Å². The molecular weight excluding hydrogens is 724 g/mol. The fourth-order valence-corrected chi connectivity index (χ4v) is 8.71. The van der Waals surface area contributed by atoms with Gasteiger partial charge in [0, 0.05) is 21.5 Å². The summed E-state index contributed by atoms with van der Waals surface area (Å²) in [6.45, 7) is 4.17. The van der Waals surface area contributed by atoms with E-state index in [1.54, 1.807) is 6.07 Å². The van der Waals surface area contributed by atoms with Gasteiger partial charge in [-0.25, -0.2) is 0 Å². The zero-order chi connectivity index (χ0) is 39.7. The molecule has 0 saturated heterocycles. The fourth-order valence-electron chi connectivity index (χ4n) is 8.71. The second kappa shape index (κ2) is 13.4. The van der Waals surface area contributed by atoms with E-state index in [9.17, 15) is 18.4 Å². The molecule has 0 aliphatic rings. The molecular formula is C52H34F3N3. The van der Waals surface area contributed by atoms with E-state index in [-0.39, 0.29) is 0 Å². The highest BCUT2D eigenvalue weighted by atomic mass is 19.4. The molecule has 0 fully saturated rings. The van der Waals surface area contributed by atoms with Crippen LogP contribution >= 0.6 is 0 Å². The Morgan fingerprint density at radius 3 is 1.38 bits per heavy atom. The van der Waals surface area contributed by atoms with Gasteiger partial charge in [-0.05, 0) is 107 Å². The molecule has 0 atom stereocenters. The van der Waals surface area contributed by atoms with Crippen molar-refractivity contribution in [1.29, 1.82) is 5.26 Å². The minimum Gasteiger partial charge on any atom is -0.308 e. The predicted molar refractivity (Wildman–Crippen MR) is 231 cm³/mol. The molecule has 10 rings (SSSR count). The van der Waals surface area contributed by atoms with Gasteiger partial charge in [0.1, 0.15) is 11.6 Å². The average Bonchev–Trinajstić information content (AvgIpc) is 3.75. The largest absolute Gasteiger partial charge is 0.416 e. The van der Waals surface area contributed by atoms with E-state index in [0.29, 0.717) is 28.1 Å². The van der Waals surface area contributed by atoms with Gasteiger partial charge in [-0.1, -0.05) is 121 Å². The second-order valence-corrected chi connectivity index (χ2v) is 14.9. The Hall–Kier alpha value is -7.36. The summed E-state index contributed by atoms with van der Waals surface area (Å²) in [5.74, 6) is 0. The number of alkyl halides is 3. The molecule has 10 aromatic rings. The fraction of sp³-hybridized carbons (Fsp3) is 0.0577. The number of aryl methyl sites for hydroxylation is 2. The lowest BCUT2D eigenvalue weighted by atomic mass is 9.97. The molecule has 6 heteroatoms. The van der Waals surface area contributed by atoms with Gasteiger partial charge in [0.2, 0.25) is 0 Å². The molecule has 0 bridgehead atoms. The number of hydrogen-bond donors (Lipinski definition) is 0. The van der Waals surface area contributed by atoms with Crippen molar-refractivity contribution in [1.82, 2.24) is 9.13 Å². The van der Waals surface area contributed by atoms with Crippen LogP contribution in [0.4, 0.5) is 13.2 Å². The minimum atomic E-state index is -4.54. The molecule has 0 radical (unpaired) electrons. The first kappa shape index (κ1) is 35.1. The van der Waals surface area contributed by atoms with Gasteiger partial charge in [-0.2, -0.15) is 18.4 Å². The standard InChI is InChI=1S/C52H34F3N3/c1-32-12-3-5-16-39(32)35-22-24-43-41-18-7-9-20-46(41)57(48(43)27-35)50-29-37(34-14-11-15-38(26-34)52(53,54)55)30-51(45(50)31-56)58-47-21-10-8-19-42(47)44-25-23-36(28-49(44)58)40-17-6-4-13-33(40)2/h3-30H,1-2H3. The van der Waals surface area contributed by atoms with Crippen LogP contribution in [0, 0.1) is 25.2 Å². The van der Waals surface area contributed by atoms with Gasteiger partial charge in [0.05, 0.1) is 39.0 Å². The van der Waals surface area contributed by atoms with Crippen LogP contribution in [0.1, 0.15) is 22.3 Å². The molecule has 58 heavy (non-hydrogen) atoms. The maximum absolute atomic E-state index is 14.3. The lowest BCUT2D eigenvalue weighted by molar-refractivity contribution is -0.137. The molecule has 0 saturated carbocycles. The summed E-state index contributed by atoms with van der Waals surface area (Å²) < 4.78 is 47.0. The minimum absolute atomic E-state index is 0.392. The van der Waals surface area contributed by atoms with Crippen LogP contribution in [-0.4, -0.2) is 9.13 Å². The second-order valence-electron chi connectivity index (χ2n) is 14.9. The Bertz CT molecular complexity index is 3140. The Labute approximate surface area is 333 Å². The first-order valence-electron chi connectivity index (χ1n) is 19.1. The Balaban J connectivity index is 1.35. The number of halogens is 3. The Morgan fingerprint density at radius 1 is 0.431 bits per heavy atom. The normalized spacial score (nSPS) is 11.9. The number of rotatable bonds is 5. The van der Waals surface area contributed by atoms with Gasteiger partial charge >= 0.3 is 6.18 Å². The van der Waals surface area contributed by atoms with Crippen molar-refractivity contribution in [2.45, 2.75) is 20.0 Å². The third kappa shape index (κ3) is 5.58. The molecule has 0 aliphatic carbocycles. The summed E-state index contributed by atoms with van der Waals surface area (Å²) in [6.07, 6.45) is -4.54. The van der Waals surface area contributed by atoms with E-state index in [1.807, 2.05) is 72.8 Å². The summed E-state index contributed by atoms with van der Waals surface area (Å²) in [4.78, 5) is 0. The van der Waals surface area contributed by atoms with Crippen molar-refractivity contribution >= 4 is 43.6 Å². The predicted octanol–water partition coefficient (Wildman–Crippen LogP) is 14.4. The highest BCUT2D eigenvalue weighted by Crippen LogP contribution is 2.43. The summed E-state index contributed by atoms with van der Waals surface area (Å²) in [5.41, 5.74) is 11.8. The number of benzene rings is 8. The van der Waals surface area contributed by atoms with Crippen LogP contribution in [0.3, 0.4) is 0 Å². The van der Waals surface area contributed by atoms with Crippen molar-refractivity contribution in [3.8, 4) is 50.8 Å². The van der Waals surface area contributed by atoms with E-state index in [1.165, 1.54) is 12.1 Å². The van der Waals surface area contributed by atoms with E-state index in [0.717, 1.165) is 83.1 Å². The third-order valence-electron chi connectivity index (χ3n) is 11.5. The van der Waals surface area contributed by atoms with E-state index in [2.05, 4.69) is 102 Å². The third-order valence-corrected chi connectivity index (χ3v) is 11.5. The first-order valence-corrected chi connectivity index (χ1v) is 19.1. The molecule has 278 valence electrons. The molecule has 3 nitrogen and oxygen atoms in total. The monoisotopic (exact) mass is 757 g/mol. The first-order chi connectivity index (χ1) is 28.2. The summed E-state index contributed by atoms with van der Waals surface area (Å²) in [6, 6.07) is 57.2. The van der Waals surface area contributed by atoms with Crippen LogP contribution in [0.2, 0.25) is 0 Å². The van der Waals surface area contributed by atoms with Crippen molar-refractivity contribution in [3.63, 3.8) is 0 Å². The van der Waals surface area contributed by atoms with Gasteiger partial charge in [-0.3, -0.25) is 0 Å². The summed E-state index contributed by atoms with van der Waals surface area (Å²) >= 11 is 0. The highest BCUT2D eigenvalue weighted by molar-refractivity contribution is 6.12.